The van der Waals surface area contributed by atoms with E-state index in [-0.39, 0.29) is 0 Å². The second kappa shape index (κ2) is 5.58. The molecule has 0 amide bonds. The summed E-state index contributed by atoms with van der Waals surface area (Å²) in [6.45, 7) is 4.31. The molecule has 1 aromatic heterocycles. The molecule has 0 spiro atoms. The third-order valence-electron chi connectivity index (χ3n) is 2.46. The smallest absolute Gasteiger partial charge is 0.120 e. The summed E-state index contributed by atoms with van der Waals surface area (Å²) in [4.78, 5) is 10.1. The van der Waals surface area contributed by atoms with Crippen molar-refractivity contribution in [3.63, 3.8) is 0 Å². The summed E-state index contributed by atoms with van der Waals surface area (Å²) in [5.74, 6) is 0. The molecule has 1 heterocycles. The molecule has 0 saturated carbocycles. The van der Waals surface area contributed by atoms with Crippen LogP contribution in [0.15, 0.2) is 12.3 Å². The monoisotopic (exact) mass is 194 g/mol. The second-order valence-electron chi connectivity index (χ2n) is 3.60. The van der Waals surface area contributed by atoms with E-state index in [1.165, 1.54) is 0 Å². The maximum Gasteiger partial charge on any atom is 0.120 e. The topological polar surface area (TPSA) is 34.9 Å². The van der Waals surface area contributed by atoms with Gasteiger partial charge in [-0.1, -0.05) is 6.92 Å². The summed E-state index contributed by atoms with van der Waals surface area (Å²) >= 11 is 0. The minimum atomic E-state index is 0.467. The van der Waals surface area contributed by atoms with Gasteiger partial charge in [-0.3, -0.25) is 4.68 Å². The van der Waals surface area contributed by atoms with Crippen molar-refractivity contribution in [1.29, 1.82) is 0 Å². The van der Waals surface area contributed by atoms with Crippen molar-refractivity contribution in [1.82, 2.24) is 9.78 Å². The fourth-order valence-corrected chi connectivity index (χ4v) is 1.31. The number of unbranched alkanes of at least 4 members (excludes halogenated alkanes) is 1. The van der Waals surface area contributed by atoms with E-state index in [1.807, 2.05) is 16.9 Å². The van der Waals surface area contributed by atoms with Gasteiger partial charge in [0.15, 0.2) is 0 Å². The molecule has 1 rings (SSSR count). The Morgan fingerprint density at radius 3 is 3.07 bits per heavy atom. The molecule has 0 radical (unpaired) electrons. The predicted octanol–water partition coefficient (Wildman–Crippen LogP) is 2.38. The lowest BCUT2D eigenvalue weighted by atomic mass is 10.2. The molecule has 3 nitrogen and oxygen atoms in total. The number of aromatic nitrogens is 2. The van der Waals surface area contributed by atoms with Crippen LogP contribution in [-0.4, -0.2) is 16.1 Å². The average Bonchev–Trinajstić information content (AvgIpc) is 2.66. The van der Waals surface area contributed by atoms with Gasteiger partial charge >= 0.3 is 0 Å². The van der Waals surface area contributed by atoms with Crippen molar-refractivity contribution >= 4 is 6.29 Å². The van der Waals surface area contributed by atoms with Gasteiger partial charge < -0.3 is 4.79 Å². The van der Waals surface area contributed by atoms with E-state index in [0.29, 0.717) is 12.5 Å². The molecule has 3 heteroatoms. The number of aldehydes is 1. The van der Waals surface area contributed by atoms with Gasteiger partial charge in [0.25, 0.3) is 0 Å². The quantitative estimate of drug-likeness (QED) is 0.514. The fraction of sp³-hybridized carbons (Fsp3) is 0.636. The van der Waals surface area contributed by atoms with E-state index in [0.717, 1.165) is 31.2 Å². The highest BCUT2D eigenvalue weighted by atomic mass is 16.1. The first-order chi connectivity index (χ1) is 6.77. The number of nitrogens with zero attached hydrogens (tertiary/aromatic N) is 2. The Morgan fingerprint density at radius 1 is 1.64 bits per heavy atom. The Kier molecular flexibility index (Phi) is 4.36. The van der Waals surface area contributed by atoms with Gasteiger partial charge in [0.05, 0.1) is 5.69 Å². The van der Waals surface area contributed by atoms with Crippen LogP contribution in [0.2, 0.25) is 0 Å². The molecule has 0 N–H and O–H groups in total. The van der Waals surface area contributed by atoms with E-state index < -0.39 is 0 Å². The zero-order chi connectivity index (χ0) is 10.4. The lowest BCUT2D eigenvalue weighted by molar-refractivity contribution is -0.107. The van der Waals surface area contributed by atoms with Gasteiger partial charge in [0, 0.05) is 18.7 Å². The van der Waals surface area contributed by atoms with Crippen molar-refractivity contribution in [2.24, 2.45) is 0 Å². The van der Waals surface area contributed by atoms with Gasteiger partial charge in [0.1, 0.15) is 6.29 Å². The van der Waals surface area contributed by atoms with Crippen LogP contribution < -0.4 is 0 Å². The molecule has 78 valence electrons. The average molecular weight is 194 g/mol. The highest BCUT2D eigenvalue weighted by Gasteiger charge is 2.03. The van der Waals surface area contributed by atoms with Gasteiger partial charge in [-0.25, -0.2) is 0 Å². The molecule has 1 unspecified atom stereocenters. The van der Waals surface area contributed by atoms with Gasteiger partial charge in [-0.05, 0) is 32.3 Å². The van der Waals surface area contributed by atoms with Crippen LogP contribution in [0.1, 0.15) is 44.8 Å². The lowest BCUT2D eigenvalue weighted by Crippen LogP contribution is -2.04. The summed E-state index contributed by atoms with van der Waals surface area (Å²) in [5, 5.41) is 4.45. The number of carbonyl (C=O) groups is 1. The normalized spacial score (nSPS) is 12.7. The Bertz CT molecular complexity index is 281. The molecule has 0 fully saturated rings. The van der Waals surface area contributed by atoms with Gasteiger partial charge in [-0.2, -0.15) is 5.10 Å². The number of carbonyl (C=O) groups excluding carboxylic acids is 1. The Labute approximate surface area is 85.1 Å². The van der Waals surface area contributed by atoms with Crippen LogP contribution in [0, 0.1) is 0 Å². The highest BCUT2D eigenvalue weighted by Crippen LogP contribution is 2.10. The van der Waals surface area contributed by atoms with Crippen LogP contribution >= 0.6 is 0 Å². The van der Waals surface area contributed by atoms with Crippen molar-refractivity contribution in [3.8, 4) is 0 Å². The Hall–Kier alpha value is -1.12. The van der Waals surface area contributed by atoms with E-state index in [4.69, 9.17) is 0 Å². The number of hydrogen-bond acceptors (Lipinski definition) is 2. The molecule has 14 heavy (non-hydrogen) atoms. The molecule has 0 aliphatic heterocycles. The van der Waals surface area contributed by atoms with E-state index in [9.17, 15) is 4.79 Å². The van der Waals surface area contributed by atoms with Crippen LogP contribution in [-0.2, 0) is 11.2 Å². The molecule has 1 aromatic rings. The van der Waals surface area contributed by atoms with Gasteiger partial charge in [0.2, 0.25) is 0 Å². The predicted molar refractivity (Wildman–Crippen MR) is 56.2 cm³/mol. The summed E-state index contributed by atoms with van der Waals surface area (Å²) in [6, 6.07) is 2.51. The first-order valence-electron chi connectivity index (χ1n) is 5.25. The third kappa shape index (κ3) is 2.98. The summed E-state index contributed by atoms with van der Waals surface area (Å²) in [6.07, 6.45) is 6.52. The number of hydrogen-bond donors (Lipinski definition) is 0. The first-order valence-corrected chi connectivity index (χ1v) is 5.25. The van der Waals surface area contributed by atoms with Crippen LogP contribution in [0.3, 0.4) is 0 Å². The summed E-state index contributed by atoms with van der Waals surface area (Å²) < 4.78 is 2.00. The minimum absolute atomic E-state index is 0.467. The molecule has 0 bridgehead atoms. The van der Waals surface area contributed by atoms with E-state index in [2.05, 4.69) is 18.9 Å². The Morgan fingerprint density at radius 2 is 2.43 bits per heavy atom. The molecular formula is C11H18N2O. The zero-order valence-electron chi connectivity index (χ0n) is 8.94. The lowest BCUT2D eigenvalue weighted by Gasteiger charge is -2.07. The molecule has 1 atom stereocenters. The van der Waals surface area contributed by atoms with E-state index in [1.54, 1.807) is 0 Å². The third-order valence-corrected chi connectivity index (χ3v) is 2.46. The first kappa shape index (κ1) is 11.0. The molecular weight excluding hydrogens is 176 g/mol. The molecule has 0 saturated heterocycles. The van der Waals surface area contributed by atoms with Crippen LogP contribution in [0.5, 0.6) is 0 Å². The maximum atomic E-state index is 10.1. The van der Waals surface area contributed by atoms with Crippen LogP contribution in [0.4, 0.5) is 0 Å². The SMILES string of the molecule is CCC(C)n1ccc(CCCC=O)n1. The molecule has 0 aliphatic carbocycles. The van der Waals surface area contributed by atoms with Crippen LogP contribution in [0.25, 0.3) is 0 Å². The summed E-state index contributed by atoms with van der Waals surface area (Å²) in [5.41, 5.74) is 1.09. The second-order valence-corrected chi connectivity index (χ2v) is 3.60. The Balaban J connectivity index is 2.46. The highest BCUT2D eigenvalue weighted by molar-refractivity contribution is 5.49. The van der Waals surface area contributed by atoms with Crippen molar-refractivity contribution in [2.75, 3.05) is 0 Å². The van der Waals surface area contributed by atoms with Gasteiger partial charge in [-0.15, -0.1) is 0 Å². The number of rotatable bonds is 6. The minimum Gasteiger partial charge on any atom is -0.303 e. The molecule has 0 aromatic carbocycles. The van der Waals surface area contributed by atoms with E-state index >= 15 is 0 Å². The summed E-state index contributed by atoms with van der Waals surface area (Å²) in [7, 11) is 0. The standard InChI is InChI=1S/C11H18N2O/c1-3-10(2)13-8-7-11(12-13)6-4-5-9-14/h7-10H,3-6H2,1-2H3. The fourth-order valence-electron chi connectivity index (χ4n) is 1.31. The van der Waals surface area contributed by atoms with Crippen molar-refractivity contribution < 1.29 is 4.79 Å². The van der Waals surface area contributed by atoms with Crippen molar-refractivity contribution in [2.45, 2.75) is 45.6 Å². The largest absolute Gasteiger partial charge is 0.303 e. The van der Waals surface area contributed by atoms with Crippen molar-refractivity contribution in [3.05, 3.63) is 18.0 Å². The number of aryl methyl sites for hydroxylation is 1. The molecule has 0 aliphatic rings. The maximum absolute atomic E-state index is 10.1. The zero-order valence-corrected chi connectivity index (χ0v) is 8.94.